The van der Waals surface area contributed by atoms with Gasteiger partial charge in [0.2, 0.25) is 0 Å². The minimum atomic E-state index is -0.829. The van der Waals surface area contributed by atoms with Crippen LogP contribution in [0, 0.1) is 6.92 Å². The minimum absolute atomic E-state index is 0.0258. The number of hydrogen-bond donors (Lipinski definition) is 2. The molecule has 1 aliphatic rings. The highest BCUT2D eigenvalue weighted by molar-refractivity contribution is 5.97. The molecule has 3 rings (SSSR count). The lowest BCUT2D eigenvalue weighted by Crippen LogP contribution is -2.54. The molecule has 1 amide bonds. The third-order valence-electron chi connectivity index (χ3n) is 4.81. The van der Waals surface area contributed by atoms with Gasteiger partial charge in [0.15, 0.2) is 17.8 Å². The van der Waals surface area contributed by atoms with Crippen molar-refractivity contribution in [2.24, 2.45) is 0 Å². The number of carbonyl (C=O) groups is 2. The Bertz CT molecular complexity index is 778. The zero-order chi connectivity index (χ0) is 18.7. The molecule has 2 N–H and O–H groups in total. The van der Waals surface area contributed by atoms with Crippen molar-refractivity contribution >= 4 is 11.9 Å². The van der Waals surface area contributed by atoms with Gasteiger partial charge < -0.3 is 14.8 Å². The van der Waals surface area contributed by atoms with Crippen molar-refractivity contribution < 1.29 is 19.1 Å². The molecule has 1 saturated carbocycles. The minimum Gasteiger partial charge on any atom is -0.480 e. The molecule has 0 radical (unpaired) electrons. The molecule has 2 aromatic rings. The molecule has 0 bridgehead atoms. The Morgan fingerprint density at radius 1 is 1.31 bits per heavy atom. The van der Waals surface area contributed by atoms with Gasteiger partial charge in [-0.15, -0.1) is 0 Å². The third kappa shape index (κ3) is 3.94. The van der Waals surface area contributed by atoms with E-state index in [-0.39, 0.29) is 30.2 Å². The lowest BCUT2D eigenvalue weighted by molar-refractivity contribution is -0.139. The summed E-state index contributed by atoms with van der Waals surface area (Å²) in [4.78, 5) is 29.4. The second-order valence-electron chi connectivity index (χ2n) is 6.65. The molecule has 7 nitrogen and oxygen atoms in total. The van der Waals surface area contributed by atoms with Crippen LogP contribution in [0.2, 0.25) is 0 Å². The van der Waals surface area contributed by atoms with Crippen molar-refractivity contribution in [3.63, 3.8) is 0 Å². The van der Waals surface area contributed by atoms with E-state index in [4.69, 9.17) is 9.52 Å². The summed E-state index contributed by atoms with van der Waals surface area (Å²) in [7, 11) is 0. The van der Waals surface area contributed by atoms with Gasteiger partial charge in [-0.05, 0) is 26.3 Å². The number of likely N-dealkylation sites (N-methyl/N-ethyl adjacent to an activating group) is 1. The number of aliphatic carboxylic acids is 1. The summed E-state index contributed by atoms with van der Waals surface area (Å²) in [6.45, 7) is 4.65. The zero-order valence-corrected chi connectivity index (χ0v) is 14.9. The highest BCUT2D eigenvalue weighted by atomic mass is 16.4. The Morgan fingerprint density at radius 2 is 2.00 bits per heavy atom. The number of oxazole rings is 1. The number of hydrogen-bond acceptors (Lipinski definition) is 5. The fourth-order valence-corrected chi connectivity index (χ4v) is 3.25. The lowest BCUT2D eigenvalue weighted by atomic mass is 9.85. The molecule has 0 unspecified atom stereocenters. The van der Waals surface area contributed by atoms with Gasteiger partial charge in [-0.2, -0.15) is 0 Å². The smallest absolute Gasteiger partial charge is 0.317 e. The summed E-state index contributed by atoms with van der Waals surface area (Å²) < 4.78 is 5.42. The van der Waals surface area contributed by atoms with E-state index in [0.29, 0.717) is 12.3 Å². The van der Waals surface area contributed by atoms with E-state index in [1.54, 1.807) is 0 Å². The van der Waals surface area contributed by atoms with Crippen LogP contribution in [0.25, 0.3) is 11.3 Å². The number of benzene rings is 1. The molecule has 138 valence electrons. The number of nitrogens with zero attached hydrogens (tertiary/aromatic N) is 2. The number of aromatic nitrogens is 1. The van der Waals surface area contributed by atoms with Gasteiger partial charge in [-0.25, -0.2) is 4.98 Å². The topological polar surface area (TPSA) is 95.7 Å². The highest BCUT2D eigenvalue weighted by Gasteiger charge is 2.35. The van der Waals surface area contributed by atoms with E-state index in [9.17, 15) is 9.59 Å². The van der Waals surface area contributed by atoms with Crippen LogP contribution in [-0.2, 0) is 4.79 Å². The molecule has 7 heteroatoms. The Labute approximate surface area is 152 Å². The van der Waals surface area contributed by atoms with Crippen LogP contribution < -0.4 is 5.32 Å². The maximum absolute atomic E-state index is 12.6. The Hall–Kier alpha value is -2.67. The van der Waals surface area contributed by atoms with Crippen LogP contribution in [0.15, 0.2) is 35.1 Å². The van der Waals surface area contributed by atoms with Crippen molar-refractivity contribution in [2.75, 3.05) is 13.1 Å². The van der Waals surface area contributed by atoms with Crippen LogP contribution >= 0.6 is 0 Å². The summed E-state index contributed by atoms with van der Waals surface area (Å²) in [5, 5.41) is 11.9. The van der Waals surface area contributed by atoms with Crippen LogP contribution in [0.3, 0.4) is 0 Å². The maximum atomic E-state index is 12.6. The number of carboxylic acids is 1. The summed E-state index contributed by atoms with van der Waals surface area (Å²) in [6, 6.07) is 7.93. The van der Waals surface area contributed by atoms with Crippen molar-refractivity contribution in [3.05, 3.63) is 41.9 Å². The highest BCUT2D eigenvalue weighted by Crippen LogP contribution is 2.27. The average Bonchev–Trinajstić information content (AvgIpc) is 3.06. The molecule has 1 aromatic heterocycles. The molecule has 0 saturated heterocycles. The first kappa shape index (κ1) is 18.1. The first-order valence-electron chi connectivity index (χ1n) is 8.75. The van der Waals surface area contributed by atoms with Crippen LogP contribution in [0.1, 0.15) is 35.8 Å². The number of aryl methyl sites for hydroxylation is 1. The molecular weight excluding hydrogens is 334 g/mol. The molecule has 0 atom stereocenters. The molecule has 0 aliphatic heterocycles. The summed E-state index contributed by atoms with van der Waals surface area (Å²) in [6.07, 6.45) is 2.76. The standard InChI is InChI=1S/C19H23N3O4/c1-3-22(10-16(23)24)15-8-14(9-15)21-19(25)17-18(26-11-20-17)13-6-4-12(2)5-7-13/h4-7,11,14-15H,3,8-10H2,1-2H3,(H,21,25)(H,23,24). The Morgan fingerprint density at radius 3 is 2.62 bits per heavy atom. The number of carbonyl (C=O) groups excluding carboxylic acids is 1. The summed E-state index contributed by atoms with van der Waals surface area (Å²) >= 11 is 0. The van der Waals surface area contributed by atoms with Crippen LogP contribution in [-0.4, -0.2) is 52.0 Å². The van der Waals surface area contributed by atoms with Gasteiger partial charge in [0.05, 0.1) is 6.54 Å². The first-order chi connectivity index (χ1) is 12.5. The maximum Gasteiger partial charge on any atom is 0.317 e. The normalized spacial score (nSPS) is 19.2. The first-order valence-corrected chi connectivity index (χ1v) is 8.75. The second-order valence-corrected chi connectivity index (χ2v) is 6.65. The Kier molecular flexibility index (Phi) is 5.37. The molecular formula is C19H23N3O4. The zero-order valence-electron chi connectivity index (χ0n) is 14.9. The SMILES string of the molecule is CCN(CC(=O)O)C1CC(NC(=O)c2ncoc2-c2ccc(C)cc2)C1. The summed E-state index contributed by atoms with van der Waals surface area (Å²) in [5.74, 6) is -0.636. The van der Waals surface area contributed by atoms with Gasteiger partial charge >= 0.3 is 5.97 Å². The van der Waals surface area contributed by atoms with E-state index in [0.717, 1.165) is 24.0 Å². The number of amides is 1. The molecule has 1 fully saturated rings. The van der Waals surface area contributed by atoms with Gasteiger partial charge in [0.25, 0.3) is 5.91 Å². The van der Waals surface area contributed by atoms with Gasteiger partial charge in [-0.3, -0.25) is 14.5 Å². The number of nitrogens with one attached hydrogen (secondary N) is 1. The average molecular weight is 357 g/mol. The molecule has 1 heterocycles. The fraction of sp³-hybridized carbons (Fsp3) is 0.421. The van der Waals surface area contributed by atoms with Crippen molar-refractivity contribution in [2.45, 2.75) is 38.8 Å². The van der Waals surface area contributed by atoms with Crippen LogP contribution in [0.4, 0.5) is 0 Å². The monoisotopic (exact) mass is 357 g/mol. The largest absolute Gasteiger partial charge is 0.480 e. The lowest BCUT2D eigenvalue weighted by Gasteiger charge is -2.42. The van der Waals surface area contributed by atoms with E-state index >= 15 is 0 Å². The van der Waals surface area contributed by atoms with E-state index < -0.39 is 5.97 Å². The van der Waals surface area contributed by atoms with Crippen LogP contribution in [0.5, 0.6) is 0 Å². The van der Waals surface area contributed by atoms with Gasteiger partial charge in [0, 0.05) is 17.6 Å². The number of carboxylic acid groups (broad SMARTS) is 1. The van der Waals surface area contributed by atoms with Crippen molar-refractivity contribution in [1.29, 1.82) is 0 Å². The Balaban J connectivity index is 1.60. The molecule has 26 heavy (non-hydrogen) atoms. The van der Waals surface area contributed by atoms with E-state index in [1.165, 1.54) is 6.39 Å². The predicted molar refractivity (Wildman–Crippen MR) is 95.8 cm³/mol. The molecule has 1 aliphatic carbocycles. The van der Waals surface area contributed by atoms with E-state index in [2.05, 4.69) is 10.3 Å². The molecule has 0 spiro atoms. The quantitative estimate of drug-likeness (QED) is 0.789. The third-order valence-corrected chi connectivity index (χ3v) is 4.81. The summed E-state index contributed by atoms with van der Waals surface area (Å²) in [5.41, 5.74) is 2.21. The second kappa shape index (κ2) is 7.70. The van der Waals surface area contributed by atoms with Crippen molar-refractivity contribution in [1.82, 2.24) is 15.2 Å². The van der Waals surface area contributed by atoms with E-state index in [1.807, 2.05) is 43.0 Å². The van der Waals surface area contributed by atoms with Gasteiger partial charge in [0.1, 0.15) is 0 Å². The molecule has 1 aromatic carbocycles. The predicted octanol–water partition coefficient (Wildman–Crippen LogP) is 2.32. The fourth-order valence-electron chi connectivity index (χ4n) is 3.25. The van der Waals surface area contributed by atoms with Gasteiger partial charge in [-0.1, -0.05) is 36.8 Å². The van der Waals surface area contributed by atoms with Crippen molar-refractivity contribution in [3.8, 4) is 11.3 Å². The number of rotatable bonds is 7.